The highest BCUT2D eigenvalue weighted by Gasteiger charge is 2.12. The van der Waals surface area contributed by atoms with Gasteiger partial charge in [0.15, 0.2) is 5.16 Å². The molecular weight excluding hydrogens is 302 g/mol. The van der Waals surface area contributed by atoms with E-state index >= 15 is 0 Å². The third-order valence-corrected chi connectivity index (χ3v) is 4.91. The molecule has 0 saturated heterocycles. The molecule has 0 aliphatic rings. The van der Waals surface area contributed by atoms with Crippen molar-refractivity contribution in [2.75, 3.05) is 0 Å². The summed E-state index contributed by atoms with van der Waals surface area (Å²) in [6.07, 6.45) is 0. The fourth-order valence-corrected chi connectivity index (χ4v) is 3.70. The maximum absolute atomic E-state index is 12.4. The van der Waals surface area contributed by atoms with Gasteiger partial charge < -0.3 is 0 Å². The second-order valence-electron chi connectivity index (χ2n) is 4.35. The molecule has 104 valence electrons. The number of nitriles is 1. The van der Waals surface area contributed by atoms with Gasteiger partial charge in [-0.2, -0.15) is 5.26 Å². The van der Waals surface area contributed by atoms with E-state index < -0.39 is 0 Å². The molecule has 6 heteroatoms. The van der Waals surface area contributed by atoms with Crippen LogP contribution in [0, 0.1) is 11.3 Å². The van der Waals surface area contributed by atoms with E-state index in [1.165, 1.54) is 27.7 Å². The number of thiophene rings is 1. The molecule has 2 heterocycles. The van der Waals surface area contributed by atoms with Crippen molar-refractivity contribution in [3.63, 3.8) is 0 Å². The summed E-state index contributed by atoms with van der Waals surface area (Å²) in [6.45, 7) is 0.0246. The number of fused-ring (bicyclic) bond motifs is 1. The van der Waals surface area contributed by atoms with Gasteiger partial charge in [0.1, 0.15) is 11.2 Å². The number of nitrogens with zero attached hydrogens (tertiary/aromatic N) is 3. The van der Waals surface area contributed by atoms with Crippen LogP contribution in [0.15, 0.2) is 51.7 Å². The standard InChI is InChI=1S/C15H11N3OS2/c16-7-8-18-14(19)13-12(6-9-20-13)17-15(18)21-10-11-4-2-1-3-5-11/h1-6,9H,8,10H2. The molecule has 0 bridgehead atoms. The van der Waals surface area contributed by atoms with Crippen LogP contribution in [0.25, 0.3) is 10.2 Å². The normalized spacial score (nSPS) is 10.6. The Morgan fingerprint density at radius 2 is 2.10 bits per heavy atom. The van der Waals surface area contributed by atoms with Crippen molar-refractivity contribution in [3.05, 3.63) is 57.7 Å². The number of hydrogen-bond donors (Lipinski definition) is 0. The summed E-state index contributed by atoms with van der Waals surface area (Å²) < 4.78 is 2.06. The molecule has 0 aliphatic carbocycles. The molecule has 0 fully saturated rings. The molecule has 0 unspecified atom stereocenters. The predicted molar refractivity (Wildman–Crippen MR) is 85.5 cm³/mol. The smallest absolute Gasteiger partial charge is 0.272 e. The van der Waals surface area contributed by atoms with Crippen molar-refractivity contribution in [2.24, 2.45) is 0 Å². The molecule has 0 radical (unpaired) electrons. The van der Waals surface area contributed by atoms with Crippen LogP contribution in [0.2, 0.25) is 0 Å². The Balaban J connectivity index is 1.98. The highest BCUT2D eigenvalue weighted by atomic mass is 32.2. The van der Waals surface area contributed by atoms with E-state index in [2.05, 4.69) is 4.98 Å². The number of thioether (sulfide) groups is 1. The van der Waals surface area contributed by atoms with Crippen LogP contribution in [0.5, 0.6) is 0 Å². The topological polar surface area (TPSA) is 58.7 Å². The minimum atomic E-state index is -0.132. The summed E-state index contributed by atoms with van der Waals surface area (Å²) >= 11 is 2.84. The summed E-state index contributed by atoms with van der Waals surface area (Å²) in [5.74, 6) is 0.717. The zero-order chi connectivity index (χ0) is 14.7. The van der Waals surface area contributed by atoms with Crippen LogP contribution in [-0.2, 0) is 12.3 Å². The van der Waals surface area contributed by atoms with Crippen molar-refractivity contribution in [3.8, 4) is 6.07 Å². The van der Waals surface area contributed by atoms with Gasteiger partial charge in [0.05, 0.1) is 11.6 Å². The van der Waals surface area contributed by atoms with E-state index in [1.807, 2.05) is 47.8 Å². The largest absolute Gasteiger partial charge is 0.273 e. The third-order valence-electron chi connectivity index (χ3n) is 2.97. The average molecular weight is 313 g/mol. The van der Waals surface area contributed by atoms with Gasteiger partial charge >= 0.3 is 0 Å². The molecular formula is C15H11N3OS2. The van der Waals surface area contributed by atoms with Gasteiger partial charge in [-0.3, -0.25) is 9.36 Å². The molecule has 0 amide bonds. The van der Waals surface area contributed by atoms with Crippen molar-refractivity contribution in [2.45, 2.75) is 17.5 Å². The number of rotatable bonds is 4. The Labute approximate surface area is 129 Å². The van der Waals surface area contributed by atoms with E-state index in [4.69, 9.17) is 5.26 Å². The highest BCUT2D eigenvalue weighted by Crippen LogP contribution is 2.23. The van der Waals surface area contributed by atoms with E-state index in [-0.39, 0.29) is 12.1 Å². The fraction of sp³-hybridized carbons (Fsp3) is 0.133. The second-order valence-corrected chi connectivity index (χ2v) is 6.21. The highest BCUT2D eigenvalue weighted by molar-refractivity contribution is 7.98. The summed E-state index contributed by atoms with van der Waals surface area (Å²) in [5.41, 5.74) is 1.73. The lowest BCUT2D eigenvalue weighted by Gasteiger charge is -2.08. The van der Waals surface area contributed by atoms with Crippen LogP contribution < -0.4 is 5.56 Å². The summed E-state index contributed by atoms with van der Waals surface area (Å²) in [4.78, 5) is 16.9. The molecule has 0 atom stereocenters. The maximum atomic E-state index is 12.4. The molecule has 21 heavy (non-hydrogen) atoms. The molecule has 4 nitrogen and oxygen atoms in total. The zero-order valence-corrected chi connectivity index (χ0v) is 12.7. The van der Waals surface area contributed by atoms with Gasteiger partial charge in [-0.05, 0) is 17.0 Å². The van der Waals surface area contributed by atoms with Crippen LogP contribution in [0.4, 0.5) is 0 Å². The lowest BCUT2D eigenvalue weighted by atomic mass is 10.2. The summed E-state index contributed by atoms with van der Waals surface area (Å²) in [6, 6.07) is 13.9. The van der Waals surface area contributed by atoms with E-state index in [0.29, 0.717) is 21.1 Å². The van der Waals surface area contributed by atoms with Crippen LogP contribution >= 0.6 is 23.1 Å². The second kappa shape index (κ2) is 6.12. The third kappa shape index (κ3) is 2.84. The van der Waals surface area contributed by atoms with E-state index in [9.17, 15) is 4.79 Å². The number of benzene rings is 1. The molecule has 3 rings (SSSR count). The SMILES string of the molecule is N#CCn1c(SCc2ccccc2)nc2ccsc2c1=O. The Morgan fingerprint density at radius 1 is 1.29 bits per heavy atom. The first-order chi connectivity index (χ1) is 10.3. The van der Waals surface area contributed by atoms with E-state index in [0.717, 1.165) is 5.56 Å². The lowest BCUT2D eigenvalue weighted by molar-refractivity contribution is 0.679. The van der Waals surface area contributed by atoms with Gasteiger partial charge in [0.2, 0.25) is 0 Å². The monoisotopic (exact) mass is 313 g/mol. The Bertz CT molecular complexity index is 862. The first kappa shape index (κ1) is 13.9. The minimum Gasteiger partial charge on any atom is -0.272 e. The molecule has 0 N–H and O–H groups in total. The molecule has 1 aromatic carbocycles. The summed E-state index contributed by atoms with van der Waals surface area (Å²) in [5, 5.41) is 11.4. The van der Waals surface area contributed by atoms with Gasteiger partial charge in [0, 0.05) is 5.75 Å². The van der Waals surface area contributed by atoms with Crippen molar-refractivity contribution >= 4 is 33.3 Å². The van der Waals surface area contributed by atoms with Gasteiger partial charge in [0.25, 0.3) is 5.56 Å². The molecule has 0 saturated carbocycles. The van der Waals surface area contributed by atoms with Gasteiger partial charge in [-0.25, -0.2) is 4.98 Å². The van der Waals surface area contributed by atoms with Crippen molar-refractivity contribution in [1.29, 1.82) is 5.26 Å². The quantitative estimate of drug-likeness (QED) is 0.548. The first-order valence-electron chi connectivity index (χ1n) is 6.31. The maximum Gasteiger partial charge on any atom is 0.273 e. The number of hydrogen-bond acceptors (Lipinski definition) is 5. The van der Waals surface area contributed by atoms with Gasteiger partial charge in [-0.1, -0.05) is 42.1 Å². The Kier molecular flexibility index (Phi) is 4.04. The number of aromatic nitrogens is 2. The summed E-state index contributed by atoms with van der Waals surface area (Å²) in [7, 11) is 0. The minimum absolute atomic E-state index is 0.0246. The van der Waals surface area contributed by atoms with Crippen molar-refractivity contribution in [1.82, 2.24) is 9.55 Å². The van der Waals surface area contributed by atoms with Crippen LogP contribution in [0.3, 0.4) is 0 Å². The van der Waals surface area contributed by atoms with Crippen LogP contribution in [-0.4, -0.2) is 9.55 Å². The molecule has 2 aromatic heterocycles. The average Bonchev–Trinajstić information content (AvgIpc) is 2.98. The molecule has 3 aromatic rings. The predicted octanol–water partition coefficient (Wildman–Crippen LogP) is 3.27. The van der Waals surface area contributed by atoms with Crippen molar-refractivity contribution < 1.29 is 0 Å². The Morgan fingerprint density at radius 3 is 2.86 bits per heavy atom. The first-order valence-corrected chi connectivity index (χ1v) is 8.18. The molecule has 0 aliphatic heterocycles. The fourth-order valence-electron chi connectivity index (χ4n) is 1.97. The zero-order valence-electron chi connectivity index (χ0n) is 11.0. The van der Waals surface area contributed by atoms with Crippen LogP contribution in [0.1, 0.15) is 5.56 Å². The molecule has 0 spiro atoms. The van der Waals surface area contributed by atoms with E-state index in [1.54, 1.807) is 0 Å². The van der Waals surface area contributed by atoms with Gasteiger partial charge in [-0.15, -0.1) is 11.3 Å². The Hall–Kier alpha value is -2.10. The lowest BCUT2D eigenvalue weighted by Crippen LogP contribution is -2.22.